The van der Waals surface area contributed by atoms with Crippen LogP contribution in [0.1, 0.15) is 26.2 Å². The number of nitrogens with one attached hydrogen (secondary N) is 1. The molecule has 1 fully saturated rings. The average molecular weight is 166 g/mol. The predicted molar refractivity (Wildman–Crippen MR) is 44.6 cm³/mol. The van der Waals surface area contributed by atoms with E-state index in [-0.39, 0.29) is 18.5 Å². The Balaban J connectivity index is 0.000000810. The molecule has 2 N–H and O–H groups in total. The molecule has 0 aliphatic carbocycles. The number of rotatable bonds is 1. The lowest BCUT2D eigenvalue weighted by atomic mass is 10.0. The number of hydrogen-bond acceptors (Lipinski definition) is 2. The largest absolute Gasteiger partial charge is 0.393 e. The van der Waals surface area contributed by atoms with Crippen molar-refractivity contribution in [3.8, 4) is 0 Å². The molecule has 0 bridgehead atoms. The maximum Gasteiger partial charge on any atom is 0.0567 e. The van der Waals surface area contributed by atoms with Gasteiger partial charge in [0.25, 0.3) is 0 Å². The van der Waals surface area contributed by atoms with E-state index in [1.165, 1.54) is 0 Å². The molecular formula is C7H16ClNO. The van der Waals surface area contributed by atoms with E-state index in [0.717, 1.165) is 25.8 Å². The van der Waals surface area contributed by atoms with Gasteiger partial charge >= 0.3 is 0 Å². The summed E-state index contributed by atoms with van der Waals surface area (Å²) in [5, 5.41) is 12.5. The molecule has 1 aliphatic rings. The van der Waals surface area contributed by atoms with Gasteiger partial charge in [-0.2, -0.15) is 0 Å². The summed E-state index contributed by atoms with van der Waals surface area (Å²) in [6.45, 7) is 3.13. The third-order valence-electron chi connectivity index (χ3n) is 1.96. The molecule has 1 aliphatic heterocycles. The van der Waals surface area contributed by atoms with Gasteiger partial charge in [0.15, 0.2) is 0 Å². The molecule has 0 radical (unpaired) electrons. The van der Waals surface area contributed by atoms with E-state index in [1.807, 2.05) is 0 Å². The molecule has 2 unspecified atom stereocenters. The highest BCUT2D eigenvalue weighted by Gasteiger charge is 2.16. The first kappa shape index (κ1) is 10.2. The van der Waals surface area contributed by atoms with Crippen LogP contribution in [0.25, 0.3) is 0 Å². The second kappa shape index (κ2) is 4.94. The highest BCUT2D eigenvalue weighted by molar-refractivity contribution is 5.85. The molecule has 1 rings (SSSR count). The van der Waals surface area contributed by atoms with Crippen molar-refractivity contribution in [3.05, 3.63) is 0 Å². The molecule has 1 saturated heterocycles. The van der Waals surface area contributed by atoms with E-state index in [0.29, 0.717) is 6.04 Å². The van der Waals surface area contributed by atoms with Gasteiger partial charge in [-0.25, -0.2) is 0 Å². The van der Waals surface area contributed by atoms with E-state index < -0.39 is 0 Å². The molecule has 0 saturated carbocycles. The van der Waals surface area contributed by atoms with Crippen molar-refractivity contribution in [1.82, 2.24) is 5.32 Å². The summed E-state index contributed by atoms with van der Waals surface area (Å²) >= 11 is 0. The maximum absolute atomic E-state index is 9.17. The molecular weight excluding hydrogens is 150 g/mol. The molecule has 0 aromatic heterocycles. The van der Waals surface area contributed by atoms with Crippen molar-refractivity contribution in [1.29, 1.82) is 0 Å². The quantitative estimate of drug-likeness (QED) is 0.606. The monoisotopic (exact) mass is 165 g/mol. The fourth-order valence-electron chi connectivity index (χ4n) is 1.29. The predicted octanol–water partition coefficient (Wildman–Crippen LogP) is 0.931. The van der Waals surface area contributed by atoms with Crippen LogP contribution in [0.3, 0.4) is 0 Å². The van der Waals surface area contributed by atoms with Crippen LogP contribution < -0.4 is 5.32 Å². The topological polar surface area (TPSA) is 32.3 Å². The first-order chi connectivity index (χ1) is 4.33. The average Bonchev–Trinajstić information content (AvgIpc) is 1.88. The van der Waals surface area contributed by atoms with Gasteiger partial charge in [-0.1, -0.05) is 6.92 Å². The van der Waals surface area contributed by atoms with Gasteiger partial charge in [0.05, 0.1) is 6.10 Å². The molecule has 10 heavy (non-hydrogen) atoms. The third kappa shape index (κ3) is 2.86. The van der Waals surface area contributed by atoms with Gasteiger partial charge < -0.3 is 10.4 Å². The molecule has 0 spiro atoms. The number of aliphatic hydroxyl groups is 1. The molecule has 2 nitrogen and oxygen atoms in total. The van der Waals surface area contributed by atoms with E-state index in [2.05, 4.69) is 12.2 Å². The van der Waals surface area contributed by atoms with Crippen LogP contribution in [0.5, 0.6) is 0 Å². The summed E-state index contributed by atoms with van der Waals surface area (Å²) in [6, 6.07) is 0.564. The van der Waals surface area contributed by atoms with Crippen LogP contribution in [-0.4, -0.2) is 23.8 Å². The minimum Gasteiger partial charge on any atom is -0.393 e. The van der Waals surface area contributed by atoms with Crippen molar-refractivity contribution in [2.24, 2.45) is 0 Å². The first-order valence-electron chi connectivity index (χ1n) is 3.74. The maximum atomic E-state index is 9.17. The van der Waals surface area contributed by atoms with E-state index >= 15 is 0 Å². The summed E-state index contributed by atoms with van der Waals surface area (Å²) in [4.78, 5) is 0. The van der Waals surface area contributed by atoms with Gasteiger partial charge in [0.2, 0.25) is 0 Å². The lowest BCUT2D eigenvalue weighted by Crippen LogP contribution is -2.39. The van der Waals surface area contributed by atoms with Crippen LogP contribution in [0.2, 0.25) is 0 Å². The normalized spacial score (nSPS) is 33.0. The molecule has 3 heteroatoms. The summed E-state index contributed by atoms with van der Waals surface area (Å²) in [5.41, 5.74) is 0. The smallest absolute Gasteiger partial charge is 0.0567 e. The zero-order chi connectivity index (χ0) is 6.69. The minimum absolute atomic E-state index is 0. The van der Waals surface area contributed by atoms with Gasteiger partial charge in [0, 0.05) is 6.04 Å². The first-order valence-corrected chi connectivity index (χ1v) is 3.74. The van der Waals surface area contributed by atoms with E-state index in [9.17, 15) is 5.11 Å². The molecule has 0 amide bonds. The van der Waals surface area contributed by atoms with Crippen LogP contribution in [-0.2, 0) is 0 Å². The third-order valence-corrected chi connectivity index (χ3v) is 1.96. The summed E-state index contributed by atoms with van der Waals surface area (Å²) < 4.78 is 0. The lowest BCUT2D eigenvalue weighted by molar-refractivity contribution is 0.115. The van der Waals surface area contributed by atoms with Crippen LogP contribution in [0.4, 0.5) is 0 Å². The van der Waals surface area contributed by atoms with Crippen molar-refractivity contribution in [2.75, 3.05) is 6.54 Å². The Morgan fingerprint density at radius 1 is 1.60 bits per heavy atom. The molecule has 1 heterocycles. The van der Waals surface area contributed by atoms with E-state index in [4.69, 9.17) is 0 Å². The number of aliphatic hydroxyl groups excluding tert-OH is 1. The van der Waals surface area contributed by atoms with Crippen LogP contribution in [0, 0.1) is 0 Å². The van der Waals surface area contributed by atoms with Gasteiger partial charge in [-0.05, 0) is 25.8 Å². The Kier molecular flexibility index (Phi) is 5.04. The lowest BCUT2D eigenvalue weighted by Gasteiger charge is -2.25. The molecule has 0 aromatic carbocycles. The number of halogens is 1. The Bertz CT molecular complexity index is 89.7. The fraction of sp³-hybridized carbons (Fsp3) is 1.00. The SMILES string of the molecule is CCC1CC(O)CCN1.Cl. The second-order valence-corrected chi connectivity index (χ2v) is 2.74. The van der Waals surface area contributed by atoms with Gasteiger partial charge in [-0.15, -0.1) is 12.4 Å². The number of piperidine rings is 1. The van der Waals surface area contributed by atoms with Crippen LogP contribution in [0.15, 0.2) is 0 Å². The number of hydrogen-bond donors (Lipinski definition) is 2. The summed E-state index contributed by atoms with van der Waals surface area (Å²) in [6.07, 6.45) is 2.96. The Hall–Kier alpha value is 0.210. The van der Waals surface area contributed by atoms with Crippen LogP contribution >= 0.6 is 12.4 Å². The standard InChI is InChI=1S/C7H15NO.ClH/c1-2-6-5-7(9)3-4-8-6;/h6-9H,2-5H2,1H3;1H. The Morgan fingerprint density at radius 2 is 2.30 bits per heavy atom. The van der Waals surface area contributed by atoms with Gasteiger partial charge in [-0.3, -0.25) is 0 Å². The van der Waals surface area contributed by atoms with Crippen molar-refractivity contribution < 1.29 is 5.11 Å². The molecule has 62 valence electrons. The Morgan fingerprint density at radius 3 is 2.70 bits per heavy atom. The highest BCUT2D eigenvalue weighted by atomic mass is 35.5. The zero-order valence-corrected chi connectivity index (χ0v) is 7.16. The minimum atomic E-state index is -0.0452. The molecule has 0 aromatic rings. The van der Waals surface area contributed by atoms with Gasteiger partial charge in [0.1, 0.15) is 0 Å². The van der Waals surface area contributed by atoms with Crippen molar-refractivity contribution >= 4 is 12.4 Å². The second-order valence-electron chi connectivity index (χ2n) is 2.74. The molecule has 2 atom stereocenters. The summed E-state index contributed by atoms with van der Waals surface area (Å²) in [5.74, 6) is 0. The highest BCUT2D eigenvalue weighted by Crippen LogP contribution is 2.09. The summed E-state index contributed by atoms with van der Waals surface area (Å²) in [7, 11) is 0. The van der Waals surface area contributed by atoms with Crippen molar-refractivity contribution in [3.63, 3.8) is 0 Å². The van der Waals surface area contributed by atoms with Crippen molar-refractivity contribution in [2.45, 2.75) is 38.3 Å². The zero-order valence-electron chi connectivity index (χ0n) is 6.34. The fourth-order valence-corrected chi connectivity index (χ4v) is 1.29. The Labute approximate surface area is 68.4 Å². The van der Waals surface area contributed by atoms with E-state index in [1.54, 1.807) is 0 Å².